The first-order chi connectivity index (χ1) is 9.93. The normalized spacial score (nSPS) is 18.0. The molecule has 1 aliphatic rings. The number of furan rings is 1. The van der Waals surface area contributed by atoms with Gasteiger partial charge in [-0.2, -0.15) is 0 Å². The van der Waals surface area contributed by atoms with Gasteiger partial charge in [-0.1, -0.05) is 6.92 Å². The molecule has 0 spiro atoms. The van der Waals surface area contributed by atoms with E-state index in [1.54, 1.807) is 0 Å². The number of carbonyl (C=O) groups excluding carboxylic acids is 1. The second-order valence-electron chi connectivity index (χ2n) is 5.87. The van der Waals surface area contributed by atoms with Gasteiger partial charge in [-0.3, -0.25) is 9.69 Å². The summed E-state index contributed by atoms with van der Waals surface area (Å²) < 4.78 is 5.55. The fourth-order valence-electron chi connectivity index (χ4n) is 2.83. The summed E-state index contributed by atoms with van der Waals surface area (Å²) in [7, 11) is 0. The Morgan fingerprint density at radius 3 is 2.29 bits per heavy atom. The molecule has 1 fully saturated rings. The van der Waals surface area contributed by atoms with Gasteiger partial charge in [0.25, 0.3) is 5.91 Å². The van der Waals surface area contributed by atoms with Crippen LogP contribution < -0.4 is 0 Å². The van der Waals surface area contributed by atoms with Crippen molar-refractivity contribution in [1.82, 2.24) is 9.80 Å². The summed E-state index contributed by atoms with van der Waals surface area (Å²) >= 11 is 0. The van der Waals surface area contributed by atoms with Crippen molar-refractivity contribution in [2.45, 2.75) is 40.2 Å². The van der Waals surface area contributed by atoms with Crippen LogP contribution in [0.15, 0.2) is 4.42 Å². The molecular weight excluding hydrogens is 268 g/mol. The van der Waals surface area contributed by atoms with E-state index < -0.39 is 0 Å². The molecule has 21 heavy (non-hydrogen) atoms. The third-order valence-corrected chi connectivity index (χ3v) is 4.37. The molecule has 1 N–H and O–H groups in total. The monoisotopic (exact) mass is 294 g/mol. The van der Waals surface area contributed by atoms with Gasteiger partial charge in [-0.05, 0) is 27.2 Å². The van der Waals surface area contributed by atoms with Crippen LogP contribution in [-0.2, 0) is 0 Å². The van der Waals surface area contributed by atoms with Crippen molar-refractivity contribution in [3.05, 3.63) is 22.6 Å². The Balaban J connectivity index is 1.97. The van der Waals surface area contributed by atoms with Crippen LogP contribution in [0.1, 0.15) is 40.8 Å². The zero-order chi connectivity index (χ0) is 15.6. The van der Waals surface area contributed by atoms with Crippen molar-refractivity contribution in [1.29, 1.82) is 0 Å². The van der Waals surface area contributed by atoms with Crippen molar-refractivity contribution in [3.8, 4) is 0 Å². The summed E-state index contributed by atoms with van der Waals surface area (Å²) in [4.78, 5) is 16.7. The summed E-state index contributed by atoms with van der Waals surface area (Å²) in [6.07, 6.45) is 0.500. The van der Waals surface area contributed by atoms with E-state index in [1.807, 2.05) is 32.6 Å². The van der Waals surface area contributed by atoms with Crippen LogP contribution in [0.4, 0.5) is 0 Å². The zero-order valence-electron chi connectivity index (χ0n) is 13.5. The molecule has 1 aromatic rings. The van der Waals surface area contributed by atoms with Crippen LogP contribution in [0, 0.1) is 20.8 Å². The smallest absolute Gasteiger partial charge is 0.257 e. The molecule has 5 heteroatoms. The van der Waals surface area contributed by atoms with Gasteiger partial charge in [0.2, 0.25) is 0 Å². The molecule has 2 heterocycles. The van der Waals surface area contributed by atoms with E-state index in [-0.39, 0.29) is 12.0 Å². The van der Waals surface area contributed by atoms with Gasteiger partial charge in [0.15, 0.2) is 0 Å². The number of aryl methyl sites for hydroxylation is 2. The van der Waals surface area contributed by atoms with E-state index in [0.717, 1.165) is 36.4 Å². The minimum atomic E-state index is -0.270. The molecule has 1 aliphatic heterocycles. The lowest BCUT2D eigenvalue weighted by atomic mass is 10.1. The molecule has 1 aromatic heterocycles. The average Bonchev–Trinajstić information content (AvgIpc) is 2.72. The van der Waals surface area contributed by atoms with E-state index in [9.17, 15) is 9.90 Å². The predicted octanol–water partition coefficient (Wildman–Crippen LogP) is 1.73. The largest absolute Gasteiger partial charge is 0.466 e. The van der Waals surface area contributed by atoms with Crippen molar-refractivity contribution < 1.29 is 14.3 Å². The molecule has 0 aromatic carbocycles. The third-order valence-electron chi connectivity index (χ3n) is 4.37. The maximum atomic E-state index is 12.6. The number of rotatable bonds is 4. The first-order valence-electron chi connectivity index (χ1n) is 7.70. The molecule has 0 bridgehead atoms. The van der Waals surface area contributed by atoms with Crippen LogP contribution in [0.2, 0.25) is 0 Å². The van der Waals surface area contributed by atoms with Crippen LogP contribution in [0.3, 0.4) is 0 Å². The Morgan fingerprint density at radius 2 is 1.81 bits per heavy atom. The van der Waals surface area contributed by atoms with E-state index in [0.29, 0.717) is 25.4 Å². The molecule has 5 nitrogen and oxygen atoms in total. The maximum Gasteiger partial charge on any atom is 0.257 e. The minimum Gasteiger partial charge on any atom is -0.466 e. The molecule has 1 atom stereocenters. The Labute approximate surface area is 126 Å². The van der Waals surface area contributed by atoms with Gasteiger partial charge in [-0.15, -0.1) is 0 Å². The molecule has 1 amide bonds. The fourth-order valence-corrected chi connectivity index (χ4v) is 2.83. The molecule has 1 unspecified atom stereocenters. The standard InChI is InChI=1S/C16H26N2O3/c1-5-14(19)10-17-6-8-18(9-7-17)16(20)15-11(2)12(3)21-13(15)4/h14,19H,5-10H2,1-4H3. The zero-order valence-corrected chi connectivity index (χ0v) is 13.5. The van der Waals surface area contributed by atoms with Gasteiger partial charge in [0, 0.05) is 38.3 Å². The van der Waals surface area contributed by atoms with Crippen molar-refractivity contribution in [3.63, 3.8) is 0 Å². The highest BCUT2D eigenvalue weighted by Crippen LogP contribution is 2.22. The SMILES string of the molecule is CCC(O)CN1CCN(C(=O)c2c(C)oc(C)c2C)CC1. The van der Waals surface area contributed by atoms with Crippen LogP contribution in [-0.4, -0.2) is 59.6 Å². The summed E-state index contributed by atoms with van der Waals surface area (Å²) in [5.74, 6) is 1.59. The molecule has 0 radical (unpaired) electrons. The quantitative estimate of drug-likeness (QED) is 0.919. The number of amides is 1. The number of hydrogen-bond acceptors (Lipinski definition) is 4. The molecule has 2 rings (SSSR count). The Hall–Kier alpha value is -1.33. The lowest BCUT2D eigenvalue weighted by Crippen LogP contribution is -2.50. The first-order valence-corrected chi connectivity index (χ1v) is 7.70. The highest BCUT2D eigenvalue weighted by Gasteiger charge is 2.27. The number of piperazine rings is 1. The lowest BCUT2D eigenvalue weighted by molar-refractivity contribution is 0.0522. The number of carbonyl (C=O) groups is 1. The van der Waals surface area contributed by atoms with Crippen LogP contribution in [0.25, 0.3) is 0 Å². The lowest BCUT2D eigenvalue weighted by Gasteiger charge is -2.35. The van der Waals surface area contributed by atoms with Gasteiger partial charge < -0.3 is 14.4 Å². The van der Waals surface area contributed by atoms with Gasteiger partial charge in [-0.25, -0.2) is 0 Å². The molecule has 0 aliphatic carbocycles. The number of nitrogens with zero attached hydrogens (tertiary/aromatic N) is 2. The summed E-state index contributed by atoms with van der Waals surface area (Å²) in [5.41, 5.74) is 1.66. The van der Waals surface area contributed by atoms with Crippen LogP contribution in [0.5, 0.6) is 0 Å². The predicted molar refractivity (Wildman–Crippen MR) is 81.6 cm³/mol. The second kappa shape index (κ2) is 6.62. The second-order valence-corrected chi connectivity index (χ2v) is 5.87. The molecular formula is C16H26N2O3. The summed E-state index contributed by atoms with van der Waals surface area (Å²) in [6, 6.07) is 0. The first kappa shape index (κ1) is 16.0. The number of aliphatic hydroxyl groups excluding tert-OH is 1. The van der Waals surface area contributed by atoms with Gasteiger partial charge >= 0.3 is 0 Å². The highest BCUT2D eigenvalue weighted by molar-refractivity contribution is 5.97. The average molecular weight is 294 g/mol. The third kappa shape index (κ3) is 3.47. The van der Waals surface area contributed by atoms with Crippen molar-refractivity contribution in [2.24, 2.45) is 0 Å². The maximum absolute atomic E-state index is 12.6. The topological polar surface area (TPSA) is 56.9 Å². The van der Waals surface area contributed by atoms with E-state index >= 15 is 0 Å². The van der Waals surface area contributed by atoms with Crippen molar-refractivity contribution >= 4 is 5.91 Å². The minimum absolute atomic E-state index is 0.0672. The summed E-state index contributed by atoms with van der Waals surface area (Å²) in [5, 5.41) is 9.70. The Kier molecular flexibility index (Phi) is 5.06. The van der Waals surface area contributed by atoms with E-state index in [1.165, 1.54) is 0 Å². The fraction of sp³-hybridized carbons (Fsp3) is 0.688. The Morgan fingerprint density at radius 1 is 1.19 bits per heavy atom. The van der Waals surface area contributed by atoms with Gasteiger partial charge in [0.05, 0.1) is 11.7 Å². The highest BCUT2D eigenvalue weighted by atomic mass is 16.3. The number of aliphatic hydroxyl groups is 1. The number of hydrogen-bond donors (Lipinski definition) is 1. The summed E-state index contributed by atoms with van der Waals surface area (Å²) in [6.45, 7) is 11.4. The van der Waals surface area contributed by atoms with Crippen LogP contribution >= 0.6 is 0 Å². The molecule has 0 saturated carbocycles. The number of β-amino-alcohol motifs (C(OH)–C–C–N with tert-alkyl or cyclic N) is 1. The molecule has 1 saturated heterocycles. The van der Waals surface area contributed by atoms with E-state index in [2.05, 4.69) is 4.90 Å². The van der Waals surface area contributed by atoms with Crippen molar-refractivity contribution in [2.75, 3.05) is 32.7 Å². The van der Waals surface area contributed by atoms with E-state index in [4.69, 9.17) is 4.42 Å². The Bertz CT molecular complexity index is 502. The van der Waals surface area contributed by atoms with Gasteiger partial charge in [0.1, 0.15) is 11.5 Å². The molecule has 118 valence electrons.